The first-order chi connectivity index (χ1) is 17.8. The maximum absolute atomic E-state index is 14.3. The Labute approximate surface area is 219 Å². The number of imide groups is 1. The lowest BCUT2D eigenvalue weighted by Gasteiger charge is -2.42. The number of hydrogen-bond donors (Lipinski definition) is 2. The van der Waals surface area contributed by atoms with E-state index in [1.165, 1.54) is 23.8 Å². The van der Waals surface area contributed by atoms with E-state index in [4.69, 9.17) is 11.6 Å². The van der Waals surface area contributed by atoms with E-state index in [1.54, 1.807) is 29.2 Å². The zero-order valence-electron chi connectivity index (χ0n) is 20.8. The van der Waals surface area contributed by atoms with Crippen molar-refractivity contribution in [3.05, 3.63) is 64.1 Å². The number of amides is 3. The Morgan fingerprint density at radius 3 is 2.59 bits per heavy atom. The highest BCUT2D eigenvalue weighted by atomic mass is 35.5. The molecule has 2 atom stereocenters. The van der Waals surface area contributed by atoms with Gasteiger partial charge in [0.15, 0.2) is 0 Å². The predicted octanol–water partition coefficient (Wildman–Crippen LogP) is 5.21. The Morgan fingerprint density at radius 2 is 1.86 bits per heavy atom. The summed E-state index contributed by atoms with van der Waals surface area (Å²) < 4.78 is 14.3. The van der Waals surface area contributed by atoms with E-state index in [2.05, 4.69) is 9.88 Å². The second kappa shape index (κ2) is 9.03. The molecule has 0 saturated carbocycles. The van der Waals surface area contributed by atoms with Crippen LogP contribution in [0.25, 0.3) is 10.9 Å². The second-order valence-electron chi connectivity index (χ2n) is 10.6. The molecule has 1 unspecified atom stereocenters. The van der Waals surface area contributed by atoms with Gasteiger partial charge in [0.05, 0.1) is 5.02 Å². The maximum atomic E-state index is 14.3. The number of rotatable bonds is 4. The predicted molar refractivity (Wildman–Crippen MR) is 139 cm³/mol. The molecule has 0 radical (unpaired) electrons. The van der Waals surface area contributed by atoms with Crippen LogP contribution in [-0.4, -0.2) is 68.4 Å². The number of nitrogens with zero attached hydrogens (tertiary/aromatic N) is 3. The molecule has 3 amide bonds. The average Bonchev–Trinajstić information content (AvgIpc) is 3.13. The Morgan fingerprint density at radius 1 is 1.11 bits per heavy atom. The van der Waals surface area contributed by atoms with Gasteiger partial charge in [-0.05, 0) is 68.2 Å². The van der Waals surface area contributed by atoms with Gasteiger partial charge >= 0.3 is 6.03 Å². The highest BCUT2D eigenvalue weighted by Gasteiger charge is 2.60. The fourth-order valence-corrected chi connectivity index (χ4v) is 6.51. The smallest absolute Gasteiger partial charge is 0.328 e. The molecule has 2 saturated heterocycles. The molecule has 0 bridgehead atoms. The Balaban J connectivity index is 1.43. The van der Waals surface area contributed by atoms with Gasteiger partial charge in [-0.25, -0.2) is 9.18 Å². The number of benzene rings is 2. The first kappa shape index (κ1) is 24.2. The molecule has 3 aliphatic heterocycles. The number of aromatic amines is 1. The van der Waals surface area contributed by atoms with E-state index in [1.807, 2.05) is 13.0 Å². The van der Waals surface area contributed by atoms with Crippen LogP contribution in [0.4, 0.5) is 9.18 Å². The van der Waals surface area contributed by atoms with Gasteiger partial charge in [0.1, 0.15) is 23.1 Å². The normalized spacial score (nSPS) is 24.5. The van der Waals surface area contributed by atoms with E-state index in [0.29, 0.717) is 29.9 Å². The van der Waals surface area contributed by atoms with Crippen LogP contribution in [0.15, 0.2) is 36.4 Å². The summed E-state index contributed by atoms with van der Waals surface area (Å²) in [4.78, 5) is 36.6. The molecule has 0 spiro atoms. The minimum absolute atomic E-state index is 0.00342. The summed E-state index contributed by atoms with van der Waals surface area (Å²) in [5, 5.41) is 11.0. The molecular formula is C28H30ClFN4O3. The lowest BCUT2D eigenvalue weighted by Crippen LogP contribution is -2.53. The number of hydrogen-bond acceptors (Lipinski definition) is 4. The zero-order valence-corrected chi connectivity index (χ0v) is 21.5. The van der Waals surface area contributed by atoms with Crippen molar-refractivity contribution in [2.24, 2.45) is 0 Å². The number of likely N-dealkylation sites (tertiary alicyclic amines) is 1. The third-order valence-electron chi connectivity index (χ3n) is 8.23. The van der Waals surface area contributed by atoms with Crippen LogP contribution >= 0.6 is 11.6 Å². The van der Waals surface area contributed by atoms with Crippen molar-refractivity contribution in [2.45, 2.75) is 50.6 Å². The van der Waals surface area contributed by atoms with E-state index in [9.17, 15) is 19.1 Å². The van der Waals surface area contributed by atoms with Crippen molar-refractivity contribution in [1.29, 1.82) is 0 Å². The van der Waals surface area contributed by atoms with Crippen molar-refractivity contribution >= 4 is 34.4 Å². The number of aromatic nitrogens is 1. The van der Waals surface area contributed by atoms with E-state index in [0.717, 1.165) is 36.9 Å². The fraction of sp³-hybridized carbons (Fsp3) is 0.429. The average molecular weight is 525 g/mol. The van der Waals surface area contributed by atoms with Gasteiger partial charge in [0.2, 0.25) is 0 Å². The molecular weight excluding hydrogens is 495 g/mol. The fourth-order valence-electron chi connectivity index (χ4n) is 6.35. The molecule has 2 fully saturated rings. The van der Waals surface area contributed by atoms with Gasteiger partial charge < -0.3 is 15.0 Å². The van der Waals surface area contributed by atoms with Crippen LogP contribution in [0.3, 0.4) is 0 Å². The molecule has 2 N–H and O–H groups in total. The van der Waals surface area contributed by atoms with Gasteiger partial charge in [-0.2, -0.15) is 0 Å². The summed E-state index contributed by atoms with van der Waals surface area (Å²) in [6.07, 6.45) is 4.99. The number of carbonyl (C=O) groups excluding carboxylic acids is 2. The number of nitrogens with one attached hydrogen (secondary N) is 1. The standard InChI is InChI=1S/C28H30ClFN4O3/c1-28-16-20-19-14-21(29)22(30)15-23(19)31-24(20)25(17-7-6-8-18(35)13-17)34(28)27(37)33(26(28)36)12-11-32-9-4-2-3-5-10-32/h6-8,13-15,25,31,35H,2-5,9-12,16H2,1H3/t25?,28-/m0/s1. The van der Waals surface area contributed by atoms with Crippen LogP contribution < -0.4 is 0 Å². The van der Waals surface area contributed by atoms with Crippen molar-refractivity contribution in [2.75, 3.05) is 26.2 Å². The van der Waals surface area contributed by atoms with Crippen LogP contribution in [0.2, 0.25) is 5.02 Å². The number of urea groups is 1. The Hall–Kier alpha value is -3.10. The quantitative estimate of drug-likeness (QED) is 0.459. The lowest BCUT2D eigenvalue weighted by atomic mass is 9.81. The number of carbonyl (C=O) groups is 2. The lowest BCUT2D eigenvalue weighted by molar-refractivity contribution is -0.133. The summed E-state index contributed by atoms with van der Waals surface area (Å²) in [6, 6.07) is 8.65. The SMILES string of the molecule is C[C@@]12Cc3c([nH]c4cc(F)c(Cl)cc34)C(c3cccc(O)c3)N1C(=O)N(CCN1CCCCCC1)C2=O. The highest BCUT2D eigenvalue weighted by molar-refractivity contribution is 6.31. The van der Waals surface area contributed by atoms with Crippen LogP contribution in [0, 0.1) is 5.82 Å². The molecule has 3 aliphatic rings. The molecule has 0 aliphatic carbocycles. The minimum Gasteiger partial charge on any atom is -0.508 e. The number of phenolic OH excluding ortho intramolecular Hbond substituents is 1. The van der Waals surface area contributed by atoms with Crippen LogP contribution in [-0.2, 0) is 11.2 Å². The summed E-state index contributed by atoms with van der Waals surface area (Å²) >= 11 is 6.14. The molecule has 6 rings (SSSR count). The molecule has 194 valence electrons. The van der Waals surface area contributed by atoms with Crippen molar-refractivity contribution < 1.29 is 19.1 Å². The first-order valence-electron chi connectivity index (χ1n) is 12.9. The zero-order chi connectivity index (χ0) is 25.9. The largest absolute Gasteiger partial charge is 0.508 e. The molecule has 3 aromatic rings. The molecule has 1 aromatic heterocycles. The highest BCUT2D eigenvalue weighted by Crippen LogP contribution is 2.49. The number of halogens is 2. The first-order valence-corrected chi connectivity index (χ1v) is 13.3. The van der Waals surface area contributed by atoms with E-state index in [-0.39, 0.29) is 29.1 Å². The van der Waals surface area contributed by atoms with Gasteiger partial charge in [-0.15, -0.1) is 0 Å². The number of H-pyrrole nitrogens is 1. The summed E-state index contributed by atoms with van der Waals surface area (Å²) in [6.45, 7) is 4.76. The van der Waals surface area contributed by atoms with Crippen molar-refractivity contribution in [1.82, 2.24) is 19.7 Å². The van der Waals surface area contributed by atoms with E-state index < -0.39 is 17.4 Å². The minimum atomic E-state index is -1.13. The van der Waals surface area contributed by atoms with Crippen molar-refractivity contribution in [3.8, 4) is 5.75 Å². The molecule has 9 heteroatoms. The number of phenols is 1. The van der Waals surface area contributed by atoms with E-state index >= 15 is 0 Å². The van der Waals surface area contributed by atoms with Crippen LogP contribution in [0.5, 0.6) is 5.75 Å². The topological polar surface area (TPSA) is 79.9 Å². The molecule has 7 nitrogen and oxygen atoms in total. The van der Waals surface area contributed by atoms with Gasteiger partial charge in [-0.1, -0.05) is 36.6 Å². The van der Waals surface area contributed by atoms with Gasteiger partial charge in [0.25, 0.3) is 5.91 Å². The number of aromatic hydroxyl groups is 1. The van der Waals surface area contributed by atoms with Crippen molar-refractivity contribution in [3.63, 3.8) is 0 Å². The summed E-state index contributed by atoms with van der Waals surface area (Å²) in [5.74, 6) is -0.710. The molecule has 2 aromatic carbocycles. The second-order valence-corrected chi connectivity index (χ2v) is 11.0. The Kier molecular flexibility index (Phi) is 5.92. The van der Waals surface area contributed by atoms with Gasteiger partial charge in [-0.3, -0.25) is 14.6 Å². The molecule has 37 heavy (non-hydrogen) atoms. The summed E-state index contributed by atoms with van der Waals surface area (Å²) in [5.41, 5.74) is 1.63. The molecule has 4 heterocycles. The number of fused-ring (bicyclic) bond motifs is 4. The summed E-state index contributed by atoms with van der Waals surface area (Å²) in [7, 11) is 0. The third kappa shape index (κ3) is 3.89. The third-order valence-corrected chi connectivity index (χ3v) is 8.52. The van der Waals surface area contributed by atoms with Gasteiger partial charge in [0, 0.05) is 36.1 Å². The Bertz CT molecular complexity index is 1400. The van der Waals surface area contributed by atoms with Crippen LogP contribution in [0.1, 0.15) is 55.5 Å². The maximum Gasteiger partial charge on any atom is 0.328 e. The monoisotopic (exact) mass is 524 g/mol.